The second-order valence-corrected chi connectivity index (χ2v) is 7.27. The Balaban J connectivity index is 2.05. The minimum absolute atomic E-state index is 0.337. The quantitative estimate of drug-likeness (QED) is 0.709. The van der Waals surface area contributed by atoms with Gasteiger partial charge in [-0.05, 0) is 49.4 Å². The van der Waals surface area contributed by atoms with Crippen molar-refractivity contribution in [3.63, 3.8) is 0 Å². The lowest BCUT2D eigenvalue weighted by molar-refractivity contribution is -0.0972. The minimum Gasteiger partial charge on any atom is -0.390 e. The number of aliphatic hydroxyl groups is 1. The average molecular weight is 224 g/mol. The first kappa shape index (κ1) is 12.4. The summed E-state index contributed by atoms with van der Waals surface area (Å²) in [5.74, 6) is 1.41. The van der Waals surface area contributed by atoms with E-state index in [9.17, 15) is 5.11 Å². The van der Waals surface area contributed by atoms with Gasteiger partial charge in [-0.25, -0.2) is 0 Å². The summed E-state index contributed by atoms with van der Waals surface area (Å²) in [6.45, 7) is 7.00. The van der Waals surface area contributed by atoms with E-state index in [2.05, 4.69) is 20.8 Å². The van der Waals surface area contributed by atoms with E-state index < -0.39 is 0 Å². The maximum absolute atomic E-state index is 10.9. The van der Waals surface area contributed by atoms with Crippen LogP contribution in [-0.2, 0) is 0 Å². The van der Waals surface area contributed by atoms with Crippen LogP contribution in [0.5, 0.6) is 0 Å². The van der Waals surface area contributed by atoms with Crippen molar-refractivity contribution in [2.24, 2.45) is 17.3 Å². The summed E-state index contributed by atoms with van der Waals surface area (Å²) in [6.07, 6.45) is 9.80. The molecule has 2 rings (SSSR count). The zero-order chi connectivity index (χ0) is 11.8. The molecule has 1 heteroatoms. The summed E-state index contributed by atoms with van der Waals surface area (Å²) < 4.78 is 0. The van der Waals surface area contributed by atoms with Gasteiger partial charge in [0.1, 0.15) is 0 Å². The molecule has 2 aliphatic carbocycles. The van der Waals surface area contributed by atoms with Crippen LogP contribution in [0.25, 0.3) is 0 Å². The highest BCUT2D eigenvalue weighted by molar-refractivity contribution is 4.96. The second-order valence-electron chi connectivity index (χ2n) is 7.27. The maximum Gasteiger partial charge on any atom is 0.0681 e. The van der Waals surface area contributed by atoms with Gasteiger partial charge in [-0.15, -0.1) is 0 Å². The molecule has 1 nitrogen and oxygen atoms in total. The predicted octanol–water partition coefficient (Wildman–Crippen LogP) is 4.14. The van der Waals surface area contributed by atoms with Gasteiger partial charge in [-0.3, -0.25) is 0 Å². The van der Waals surface area contributed by atoms with Gasteiger partial charge in [-0.1, -0.05) is 40.0 Å². The molecule has 0 bridgehead atoms. The van der Waals surface area contributed by atoms with Crippen LogP contribution in [0.3, 0.4) is 0 Å². The van der Waals surface area contributed by atoms with Crippen molar-refractivity contribution >= 4 is 0 Å². The lowest BCUT2D eigenvalue weighted by Gasteiger charge is -2.48. The van der Waals surface area contributed by atoms with Gasteiger partial charge in [-0.2, -0.15) is 0 Å². The third-order valence-electron chi connectivity index (χ3n) is 4.94. The topological polar surface area (TPSA) is 20.2 Å². The first-order valence-electron chi connectivity index (χ1n) is 7.14. The van der Waals surface area contributed by atoms with E-state index >= 15 is 0 Å². The minimum atomic E-state index is -0.337. The molecule has 2 fully saturated rings. The van der Waals surface area contributed by atoms with E-state index in [4.69, 9.17) is 0 Å². The molecular formula is C15H28O. The van der Waals surface area contributed by atoms with Gasteiger partial charge in [0.05, 0.1) is 5.60 Å². The van der Waals surface area contributed by atoms with E-state index in [0.717, 1.165) is 18.8 Å². The molecular weight excluding hydrogens is 196 g/mol. The smallest absolute Gasteiger partial charge is 0.0681 e. The molecule has 0 heterocycles. The Morgan fingerprint density at radius 1 is 1.06 bits per heavy atom. The zero-order valence-electron chi connectivity index (χ0n) is 11.3. The molecule has 2 saturated carbocycles. The third kappa shape index (κ3) is 2.61. The molecule has 0 radical (unpaired) electrons. The van der Waals surface area contributed by atoms with Crippen molar-refractivity contribution in [1.29, 1.82) is 0 Å². The van der Waals surface area contributed by atoms with Crippen molar-refractivity contribution in [1.82, 2.24) is 0 Å². The molecule has 0 amide bonds. The van der Waals surface area contributed by atoms with Crippen LogP contribution < -0.4 is 0 Å². The Kier molecular flexibility index (Phi) is 3.36. The van der Waals surface area contributed by atoms with Crippen LogP contribution >= 0.6 is 0 Å². The lowest BCUT2D eigenvalue weighted by atomic mass is 9.61. The summed E-state index contributed by atoms with van der Waals surface area (Å²) >= 11 is 0. The van der Waals surface area contributed by atoms with Gasteiger partial charge < -0.3 is 5.11 Å². The Morgan fingerprint density at radius 2 is 1.81 bits per heavy atom. The Labute approximate surface area is 101 Å². The average Bonchev–Trinajstić information content (AvgIpc) is 2.15. The molecule has 3 atom stereocenters. The second kappa shape index (κ2) is 4.33. The fourth-order valence-electron chi connectivity index (χ4n) is 4.15. The van der Waals surface area contributed by atoms with Crippen LogP contribution in [0, 0.1) is 17.3 Å². The van der Waals surface area contributed by atoms with Crippen LogP contribution in [0.4, 0.5) is 0 Å². The fraction of sp³-hybridized carbons (Fsp3) is 1.00. The van der Waals surface area contributed by atoms with E-state index in [1.165, 1.54) is 38.5 Å². The van der Waals surface area contributed by atoms with Gasteiger partial charge in [0, 0.05) is 0 Å². The molecule has 0 aliphatic heterocycles. The summed E-state index contributed by atoms with van der Waals surface area (Å²) in [6, 6.07) is 0. The summed E-state index contributed by atoms with van der Waals surface area (Å²) in [5, 5.41) is 10.9. The third-order valence-corrected chi connectivity index (χ3v) is 4.94. The molecule has 3 unspecified atom stereocenters. The molecule has 0 aromatic heterocycles. The summed E-state index contributed by atoms with van der Waals surface area (Å²) in [5.41, 5.74) is 0.0180. The first-order chi connectivity index (χ1) is 7.41. The predicted molar refractivity (Wildman–Crippen MR) is 68.3 cm³/mol. The SMILES string of the molecule is CC1CCCC(C2(O)CCCC(C)(C)C2)C1. The molecule has 0 aromatic rings. The van der Waals surface area contributed by atoms with Crippen molar-refractivity contribution < 1.29 is 5.11 Å². The molecule has 16 heavy (non-hydrogen) atoms. The zero-order valence-corrected chi connectivity index (χ0v) is 11.3. The first-order valence-corrected chi connectivity index (χ1v) is 7.14. The van der Waals surface area contributed by atoms with E-state index in [0.29, 0.717) is 11.3 Å². The maximum atomic E-state index is 10.9. The standard InChI is InChI=1S/C15H28O/c1-12-6-4-7-13(10-12)15(16)9-5-8-14(2,3)11-15/h12-13,16H,4-11H2,1-3H3. The number of hydrogen-bond acceptors (Lipinski definition) is 1. The molecule has 2 aliphatic rings. The van der Waals surface area contributed by atoms with Crippen LogP contribution in [0.15, 0.2) is 0 Å². The highest BCUT2D eigenvalue weighted by Gasteiger charge is 2.44. The van der Waals surface area contributed by atoms with E-state index in [-0.39, 0.29) is 5.60 Å². The van der Waals surface area contributed by atoms with Crippen LogP contribution in [-0.4, -0.2) is 10.7 Å². The molecule has 1 N–H and O–H groups in total. The largest absolute Gasteiger partial charge is 0.390 e. The van der Waals surface area contributed by atoms with E-state index in [1.807, 2.05) is 0 Å². The van der Waals surface area contributed by atoms with Crippen molar-refractivity contribution in [3.05, 3.63) is 0 Å². The highest BCUT2D eigenvalue weighted by Crippen LogP contribution is 2.48. The van der Waals surface area contributed by atoms with Crippen LogP contribution in [0.1, 0.15) is 72.1 Å². The Morgan fingerprint density at radius 3 is 2.44 bits per heavy atom. The highest BCUT2D eigenvalue weighted by atomic mass is 16.3. The van der Waals surface area contributed by atoms with E-state index in [1.54, 1.807) is 0 Å². The fourth-order valence-corrected chi connectivity index (χ4v) is 4.15. The van der Waals surface area contributed by atoms with Crippen molar-refractivity contribution in [3.8, 4) is 0 Å². The summed E-state index contributed by atoms with van der Waals surface area (Å²) in [7, 11) is 0. The van der Waals surface area contributed by atoms with Crippen molar-refractivity contribution in [2.75, 3.05) is 0 Å². The van der Waals surface area contributed by atoms with Gasteiger partial charge in [0.15, 0.2) is 0 Å². The van der Waals surface area contributed by atoms with Gasteiger partial charge in [0.2, 0.25) is 0 Å². The normalized spacial score (nSPS) is 44.2. The number of hydrogen-bond donors (Lipinski definition) is 1. The molecule has 0 spiro atoms. The monoisotopic (exact) mass is 224 g/mol. The Bertz CT molecular complexity index is 246. The van der Waals surface area contributed by atoms with Crippen molar-refractivity contribution in [2.45, 2.75) is 77.7 Å². The molecule has 94 valence electrons. The molecule has 0 saturated heterocycles. The summed E-state index contributed by atoms with van der Waals surface area (Å²) in [4.78, 5) is 0. The number of rotatable bonds is 1. The van der Waals surface area contributed by atoms with Gasteiger partial charge >= 0.3 is 0 Å². The molecule has 0 aromatic carbocycles. The van der Waals surface area contributed by atoms with Crippen LogP contribution in [0.2, 0.25) is 0 Å². The Hall–Kier alpha value is -0.0400. The van der Waals surface area contributed by atoms with Gasteiger partial charge in [0.25, 0.3) is 0 Å². The lowest BCUT2D eigenvalue weighted by Crippen LogP contribution is -2.46.